The third-order valence-electron chi connectivity index (χ3n) is 3.40. The second-order valence-corrected chi connectivity index (χ2v) is 5.86. The Hall–Kier alpha value is -0.410. The standard InChI is InChI=1S/C12H20N2S/c1-8(2)11-6-13-5-4-10(11)12-7-15-9(3)14-12/h7-8,10-11,13H,4-6H2,1-3H3. The zero-order valence-corrected chi connectivity index (χ0v) is 10.6. The number of hydrogen-bond donors (Lipinski definition) is 1. The van der Waals surface area contributed by atoms with Crippen LogP contribution in [0.5, 0.6) is 0 Å². The van der Waals surface area contributed by atoms with Crippen molar-refractivity contribution < 1.29 is 0 Å². The molecule has 1 saturated heterocycles. The predicted molar refractivity (Wildman–Crippen MR) is 65.4 cm³/mol. The topological polar surface area (TPSA) is 24.9 Å². The van der Waals surface area contributed by atoms with Gasteiger partial charge in [0.2, 0.25) is 0 Å². The van der Waals surface area contributed by atoms with Gasteiger partial charge in [0.15, 0.2) is 0 Å². The second-order valence-electron chi connectivity index (χ2n) is 4.80. The van der Waals surface area contributed by atoms with Gasteiger partial charge in [-0.25, -0.2) is 4.98 Å². The number of aryl methyl sites for hydroxylation is 1. The van der Waals surface area contributed by atoms with Crippen LogP contribution in [0.2, 0.25) is 0 Å². The van der Waals surface area contributed by atoms with Crippen LogP contribution in [0.25, 0.3) is 0 Å². The number of hydrogen-bond acceptors (Lipinski definition) is 3. The van der Waals surface area contributed by atoms with Crippen LogP contribution in [0.4, 0.5) is 0 Å². The van der Waals surface area contributed by atoms with E-state index in [2.05, 4.69) is 36.5 Å². The molecule has 1 aliphatic heterocycles. The number of nitrogens with zero attached hydrogens (tertiary/aromatic N) is 1. The third kappa shape index (κ3) is 2.40. The number of nitrogens with one attached hydrogen (secondary N) is 1. The molecule has 0 spiro atoms. The van der Waals surface area contributed by atoms with E-state index < -0.39 is 0 Å². The average molecular weight is 224 g/mol. The van der Waals surface area contributed by atoms with Gasteiger partial charge in [-0.1, -0.05) is 13.8 Å². The molecule has 1 aliphatic rings. The quantitative estimate of drug-likeness (QED) is 0.835. The summed E-state index contributed by atoms with van der Waals surface area (Å²) >= 11 is 1.78. The van der Waals surface area contributed by atoms with Gasteiger partial charge in [0, 0.05) is 11.3 Å². The fraction of sp³-hybridized carbons (Fsp3) is 0.750. The van der Waals surface area contributed by atoms with Gasteiger partial charge in [0.05, 0.1) is 10.7 Å². The zero-order valence-electron chi connectivity index (χ0n) is 9.79. The van der Waals surface area contributed by atoms with Gasteiger partial charge in [-0.15, -0.1) is 11.3 Å². The zero-order chi connectivity index (χ0) is 10.8. The highest BCUT2D eigenvalue weighted by Crippen LogP contribution is 2.34. The fourth-order valence-electron chi connectivity index (χ4n) is 2.50. The highest BCUT2D eigenvalue weighted by atomic mass is 32.1. The lowest BCUT2D eigenvalue weighted by molar-refractivity contribution is 0.252. The molecule has 1 aromatic heterocycles. The molecule has 2 nitrogen and oxygen atoms in total. The van der Waals surface area contributed by atoms with E-state index in [1.165, 1.54) is 17.1 Å². The van der Waals surface area contributed by atoms with Crippen LogP contribution < -0.4 is 5.32 Å². The first-order chi connectivity index (χ1) is 7.18. The Bertz CT molecular complexity index is 319. The highest BCUT2D eigenvalue weighted by molar-refractivity contribution is 7.09. The smallest absolute Gasteiger partial charge is 0.0897 e. The molecule has 0 aromatic carbocycles. The molecule has 2 unspecified atom stereocenters. The normalized spacial score (nSPS) is 27.2. The minimum atomic E-state index is 0.677. The highest BCUT2D eigenvalue weighted by Gasteiger charge is 2.29. The monoisotopic (exact) mass is 224 g/mol. The number of piperidine rings is 1. The summed E-state index contributed by atoms with van der Waals surface area (Å²) in [6.45, 7) is 9.04. The molecule has 2 heterocycles. The summed E-state index contributed by atoms with van der Waals surface area (Å²) in [5.74, 6) is 2.17. The van der Waals surface area contributed by atoms with E-state index in [1.54, 1.807) is 11.3 Å². The summed E-state index contributed by atoms with van der Waals surface area (Å²) in [5, 5.41) is 6.95. The minimum absolute atomic E-state index is 0.677. The average Bonchev–Trinajstić information content (AvgIpc) is 2.65. The maximum atomic E-state index is 4.66. The molecule has 0 amide bonds. The van der Waals surface area contributed by atoms with E-state index in [4.69, 9.17) is 0 Å². The summed E-state index contributed by atoms with van der Waals surface area (Å²) in [4.78, 5) is 4.66. The number of rotatable bonds is 2. The maximum absolute atomic E-state index is 4.66. The van der Waals surface area contributed by atoms with Crippen molar-refractivity contribution in [1.82, 2.24) is 10.3 Å². The molecule has 2 rings (SSSR count). The Kier molecular flexibility index (Phi) is 3.42. The molecule has 1 aromatic rings. The molecule has 1 fully saturated rings. The van der Waals surface area contributed by atoms with E-state index in [-0.39, 0.29) is 0 Å². The molecule has 0 radical (unpaired) electrons. The SMILES string of the molecule is Cc1nc(C2CCNCC2C(C)C)cs1. The van der Waals surface area contributed by atoms with Gasteiger partial charge < -0.3 is 5.32 Å². The maximum Gasteiger partial charge on any atom is 0.0897 e. The summed E-state index contributed by atoms with van der Waals surface area (Å²) in [5.41, 5.74) is 1.33. The van der Waals surface area contributed by atoms with Crippen LogP contribution in [0.3, 0.4) is 0 Å². The largest absolute Gasteiger partial charge is 0.316 e. The molecule has 0 aliphatic carbocycles. The van der Waals surface area contributed by atoms with Gasteiger partial charge in [-0.2, -0.15) is 0 Å². The number of aromatic nitrogens is 1. The van der Waals surface area contributed by atoms with Crippen molar-refractivity contribution in [3.63, 3.8) is 0 Å². The van der Waals surface area contributed by atoms with Crippen LogP contribution in [0.15, 0.2) is 5.38 Å². The van der Waals surface area contributed by atoms with Crippen LogP contribution in [0, 0.1) is 18.8 Å². The first kappa shape index (κ1) is 11.1. The Labute approximate surface area is 96.1 Å². The van der Waals surface area contributed by atoms with Gasteiger partial charge in [-0.3, -0.25) is 0 Å². The summed E-state index contributed by atoms with van der Waals surface area (Å²) < 4.78 is 0. The van der Waals surface area contributed by atoms with Crippen LogP contribution >= 0.6 is 11.3 Å². The lowest BCUT2D eigenvalue weighted by atomic mass is 9.78. The summed E-state index contributed by atoms with van der Waals surface area (Å²) in [6.07, 6.45) is 1.24. The lowest BCUT2D eigenvalue weighted by Crippen LogP contribution is -2.38. The second kappa shape index (κ2) is 4.62. The van der Waals surface area contributed by atoms with Crippen molar-refractivity contribution in [2.75, 3.05) is 13.1 Å². The summed E-state index contributed by atoms with van der Waals surface area (Å²) in [7, 11) is 0. The van der Waals surface area contributed by atoms with Gasteiger partial charge in [0.1, 0.15) is 0 Å². The van der Waals surface area contributed by atoms with Crippen molar-refractivity contribution in [3.05, 3.63) is 16.1 Å². The van der Waals surface area contributed by atoms with Crippen molar-refractivity contribution in [2.45, 2.75) is 33.1 Å². The van der Waals surface area contributed by atoms with Crippen molar-refractivity contribution in [3.8, 4) is 0 Å². The van der Waals surface area contributed by atoms with E-state index in [9.17, 15) is 0 Å². The predicted octanol–water partition coefficient (Wildman–Crippen LogP) is 2.80. The molecule has 15 heavy (non-hydrogen) atoms. The molecule has 0 saturated carbocycles. The van der Waals surface area contributed by atoms with E-state index in [1.807, 2.05) is 0 Å². The molecule has 84 valence electrons. The van der Waals surface area contributed by atoms with Crippen molar-refractivity contribution in [2.24, 2.45) is 11.8 Å². The van der Waals surface area contributed by atoms with Gasteiger partial charge in [0.25, 0.3) is 0 Å². The number of thiazole rings is 1. The van der Waals surface area contributed by atoms with Crippen molar-refractivity contribution in [1.29, 1.82) is 0 Å². The van der Waals surface area contributed by atoms with Crippen LogP contribution in [0.1, 0.15) is 36.9 Å². The summed E-state index contributed by atoms with van der Waals surface area (Å²) in [6, 6.07) is 0. The molecule has 2 atom stereocenters. The van der Waals surface area contributed by atoms with Gasteiger partial charge in [-0.05, 0) is 38.3 Å². The molecular formula is C12H20N2S. The van der Waals surface area contributed by atoms with Gasteiger partial charge >= 0.3 is 0 Å². The molecule has 0 bridgehead atoms. The van der Waals surface area contributed by atoms with E-state index in [0.717, 1.165) is 24.9 Å². The first-order valence-electron chi connectivity index (χ1n) is 5.81. The fourth-order valence-corrected chi connectivity index (χ4v) is 3.18. The third-order valence-corrected chi connectivity index (χ3v) is 4.19. The Morgan fingerprint density at radius 3 is 2.93 bits per heavy atom. The van der Waals surface area contributed by atoms with Crippen molar-refractivity contribution >= 4 is 11.3 Å². The minimum Gasteiger partial charge on any atom is -0.316 e. The Morgan fingerprint density at radius 1 is 1.53 bits per heavy atom. The van der Waals surface area contributed by atoms with E-state index >= 15 is 0 Å². The molecule has 3 heteroatoms. The Morgan fingerprint density at radius 2 is 2.33 bits per heavy atom. The van der Waals surface area contributed by atoms with Crippen LogP contribution in [-0.2, 0) is 0 Å². The Balaban J connectivity index is 2.17. The molecular weight excluding hydrogens is 204 g/mol. The molecule has 1 N–H and O–H groups in total. The van der Waals surface area contributed by atoms with E-state index in [0.29, 0.717) is 5.92 Å². The van der Waals surface area contributed by atoms with Crippen LogP contribution in [-0.4, -0.2) is 18.1 Å². The lowest BCUT2D eigenvalue weighted by Gasteiger charge is -2.34. The first-order valence-corrected chi connectivity index (χ1v) is 6.69.